The monoisotopic (exact) mass is 243 g/mol. The number of nitrogens with zero attached hydrogens (tertiary/aromatic N) is 1. The molecule has 0 radical (unpaired) electrons. The maximum Gasteiger partial charge on any atom is 0.0908 e. The molecule has 0 aromatic carbocycles. The maximum atomic E-state index is 8.84. The zero-order valence-corrected chi connectivity index (χ0v) is 11.9. The van der Waals surface area contributed by atoms with E-state index in [2.05, 4.69) is 32.9 Å². The van der Waals surface area contributed by atoms with Gasteiger partial charge >= 0.3 is 0 Å². The van der Waals surface area contributed by atoms with Crippen molar-refractivity contribution in [3.63, 3.8) is 0 Å². The predicted octanol–water partition coefficient (Wildman–Crippen LogP) is 4.55. The zero-order chi connectivity index (χ0) is 13.0. The normalized spacial score (nSPS) is 49.2. The van der Waals surface area contributed by atoms with E-state index in [1.165, 1.54) is 32.1 Å². The molecule has 1 nitrogen and oxygen atoms in total. The van der Waals surface area contributed by atoms with Crippen LogP contribution in [-0.2, 0) is 0 Å². The van der Waals surface area contributed by atoms with E-state index in [9.17, 15) is 0 Å². The Bertz CT molecular complexity index is 414. The second-order valence-corrected chi connectivity index (χ2v) is 7.74. The van der Waals surface area contributed by atoms with Crippen molar-refractivity contribution in [1.82, 2.24) is 0 Å². The molecule has 98 valence electrons. The average Bonchev–Trinajstić information content (AvgIpc) is 2.79. The highest BCUT2D eigenvalue weighted by Gasteiger charge is 2.63. The third-order valence-electron chi connectivity index (χ3n) is 6.59. The first-order valence-electron chi connectivity index (χ1n) is 7.57. The van der Waals surface area contributed by atoms with Crippen LogP contribution < -0.4 is 0 Å². The van der Waals surface area contributed by atoms with Gasteiger partial charge in [-0.1, -0.05) is 33.3 Å². The lowest BCUT2D eigenvalue weighted by atomic mass is 9.65. The van der Waals surface area contributed by atoms with Crippen LogP contribution in [0.25, 0.3) is 0 Å². The van der Waals surface area contributed by atoms with Crippen LogP contribution in [0.3, 0.4) is 0 Å². The molecule has 3 aliphatic carbocycles. The standard InChI is InChI=1S/C17H25N/c1-16(2)9-5-10-17(3)13(6-4-11-18)12-7-8-14(17)15(12)16/h4,6,12-15H,5,7-10H2,1-3H3. The predicted molar refractivity (Wildman–Crippen MR) is 73.7 cm³/mol. The van der Waals surface area contributed by atoms with Crippen LogP contribution in [0.1, 0.15) is 52.9 Å². The molecule has 0 amide bonds. The Balaban J connectivity index is 2.02. The van der Waals surface area contributed by atoms with Crippen molar-refractivity contribution in [3.05, 3.63) is 12.2 Å². The number of allylic oxidation sites excluding steroid dienone is 2. The summed E-state index contributed by atoms with van der Waals surface area (Å²) >= 11 is 0. The first-order chi connectivity index (χ1) is 8.50. The van der Waals surface area contributed by atoms with Gasteiger partial charge in [-0.3, -0.25) is 0 Å². The highest BCUT2D eigenvalue weighted by atomic mass is 14.7. The van der Waals surface area contributed by atoms with Gasteiger partial charge in [0, 0.05) is 6.08 Å². The molecule has 0 aromatic rings. The fourth-order valence-electron chi connectivity index (χ4n) is 5.99. The van der Waals surface area contributed by atoms with Crippen LogP contribution in [0.5, 0.6) is 0 Å². The molecule has 5 unspecified atom stereocenters. The topological polar surface area (TPSA) is 23.8 Å². The van der Waals surface area contributed by atoms with Crippen molar-refractivity contribution in [1.29, 1.82) is 5.26 Å². The lowest BCUT2D eigenvalue weighted by molar-refractivity contribution is 0.119. The van der Waals surface area contributed by atoms with Gasteiger partial charge in [0.15, 0.2) is 0 Å². The van der Waals surface area contributed by atoms with Gasteiger partial charge in [0.1, 0.15) is 0 Å². The smallest absolute Gasteiger partial charge is 0.0908 e. The Hall–Kier alpha value is -0.770. The summed E-state index contributed by atoms with van der Waals surface area (Å²) in [7, 11) is 0. The van der Waals surface area contributed by atoms with Gasteiger partial charge in [0.2, 0.25) is 0 Å². The van der Waals surface area contributed by atoms with Gasteiger partial charge in [-0.25, -0.2) is 0 Å². The molecule has 4 bridgehead atoms. The summed E-state index contributed by atoms with van der Waals surface area (Å²) < 4.78 is 0. The van der Waals surface area contributed by atoms with Gasteiger partial charge in [-0.2, -0.15) is 5.26 Å². The van der Waals surface area contributed by atoms with E-state index in [0.29, 0.717) is 16.7 Å². The minimum atomic E-state index is 0.481. The highest BCUT2D eigenvalue weighted by molar-refractivity contribution is 5.19. The van der Waals surface area contributed by atoms with Crippen molar-refractivity contribution < 1.29 is 0 Å². The summed E-state index contributed by atoms with van der Waals surface area (Å²) in [6.07, 6.45) is 11.0. The molecule has 5 atom stereocenters. The van der Waals surface area contributed by atoms with Crippen LogP contribution in [-0.4, -0.2) is 0 Å². The molecule has 3 saturated carbocycles. The van der Waals surface area contributed by atoms with Gasteiger partial charge < -0.3 is 0 Å². The lowest BCUT2D eigenvalue weighted by Crippen LogP contribution is -2.32. The molecule has 0 N–H and O–H groups in total. The Morgan fingerprint density at radius 1 is 1.17 bits per heavy atom. The summed E-state index contributed by atoms with van der Waals surface area (Å²) in [5, 5.41) is 8.84. The van der Waals surface area contributed by atoms with Crippen LogP contribution in [0.2, 0.25) is 0 Å². The molecule has 0 spiro atoms. The fraction of sp³-hybridized carbons (Fsp3) is 0.824. The molecule has 1 heteroatoms. The molecule has 0 aromatic heterocycles. The molecule has 3 fully saturated rings. The second kappa shape index (κ2) is 3.86. The van der Waals surface area contributed by atoms with E-state index in [1.807, 2.05) is 0 Å². The minimum Gasteiger partial charge on any atom is -0.193 e. The van der Waals surface area contributed by atoms with Gasteiger partial charge in [0.25, 0.3) is 0 Å². The third-order valence-corrected chi connectivity index (χ3v) is 6.59. The van der Waals surface area contributed by atoms with Gasteiger partial charge in [-0.05, 0) is 60.2 Å². The summed E-state index contributed by atoms with van der Waals surface area (Å²) in [5.41, 5.74) is 0.994. The van der Waals surface area contributed by atoms with E-state index in [1.54, 1.807) is 6.08 Å². The van der Waals surface area contributed by atoms with Crippen molar-refractivity contribution in [3.8, 4) is 6.07 Å². The molecule has 3 aliphatic rings. The Labute approximate surface area is 111 Å². The highest BCUT2D eigenvalue weighted by Crippen LogP contribution is 2.70. The quantitative estimate of drug-likeness (QED) is 0.620. The minimum absolute atomic E-state index is 0.481. The summed E-state index contributed by atoms with van der Waals surface area (Å²) in [5.74, 6) is 3.33. The van der Waals surface area contributed by atoms with Crippen molar-refractivity contribution >= 4 is 0 Å². The van der Waals surface area contributed by atoms with E-state index in [0.717, 1.165) is 17.8 Å². The van der Waals surface area contributed by atoms with Crippen LogP contribution in [0.15, 0.2) is 12.2 Å². The zero-order valence-electron chi connectivity index (χ0n) is 11.9. The fourth-order valence-corrected chi connectivity index (χ4v) is 5.99. The molecule has 18 heavy (non-hydrogen) atoms. The Morgan fingerprint density at radius 3 is 2.67 bits per heavy atom. The largest absolute Gasteiger partial charge is 0.193 e. The van der Waals surface area contributed by atoms with E-state index in [-0.39, 0.29) is 0 Å². The number of nitriles is 1. The van der Waals surface area contributed by atoms with Crippen molar-refractivity contribution in [2.24, 2.45) is 34.5 Å². The first kappa shape index (κ1) is 12.3. The van der Waals surface area contributed by atoms with Crippen LogP contribution in [0, 0.1) is 45.8 Å². The van der Waals surface area contributed by atoms with Crippen molar-refractivity contribution in [2.45, 2.75) is 52.9 Å². The second-order valence-electron chi connectivity index (χ2n) is 7.74. The van der Waals surface area contributed by atoms with Gasteiger partial charge in [0.05, 0.1) is 6.07 Å². The van der Waals surface area contributed by atoms with E-state index >= 15 is 0 Å². The van der Waals surface area contributed by atoms with Crippen molar-refractivity contribution in [2.75, 3.05) is 0 Å². The molecular weight excluding hydrogens is 218 g/mol. The molecule has 0 heterocycles. The van der Waals surface area contributed by atoms with Crippen LogP contribution >= 0.6 is 0 Å². The number of hydrogen-bond acceptors (Lipinski definition) is 1. The lowest BCUT2D eigenvalue weighted by Gasteiger charge is -2.40. The number of hydrogen-bond donors (Lipinski definition) is 0. The molecule has 0 saturated heterocycles. The Morgan fingerprint density at radius 2 is 1.94 bits per heavy atom. The molecule has 3 rings (SSSR count). The Kier molecular flexibility index (Phi) is 2.63. The third kappa shape index (κ3) is 1.44. The first-order valence-corrected chi connectivity index (χ1v) is 7.57. The molecular formula is C17H25N. The van der Waals surface area contributed by atoms with E-state index < -0.39 is 0 Å². The summed E-state index contributed by atoms with van der Waals surface area (Å²) in [6.45, 7) is 7.49. The maximum absolute atomic E-state index is 8.84. The SMILES string of the molecule is CC1(C)CCCC2(C)C(C=CC#N)C3CCC2C31. The average molecular weight is 243 g/mol. The number of rotatable bonds is 1. The summed E-state index contributed by atoms with van der Waals surface area (Å²) in [6, 6.07) is 2.21. The summed E-state index contributed by atoms with van der Waals surface area (Å²) in [4.78, 5) is 0. The van der Waals surface area contributed by atoms with E-state index in [4.69, 9.17) is 5.26 Å². The van der Waals surface area contributed by atoms with Gasteiger partial charge in [-0.15, -0.1) is 0 Å². The molecule has 0 aliphatic heterocycles. The van der Waals surface area contributed by atoms with Crippen LogP contribution in [0.4, 0.5) is 0 Å².